The van der Waals surface area contributed by atoms with Gasteiger partial charge in [0.15, 0.2) is 0 Å². The van der Waals surface area contributed by atoms with Crippen LogP contribution in [0.3, 0.4) is 0 Å². The maximum atomic E-state index is 11.7. The molecule has 0 radical (unpaired) electrons. The van der Waals surface area contributed by atoms with Gasteiger partial charge in [-0.3, -0.25) is 4.79 Å². The number of hydrogen-bond donors (Lipinski definition) is 2. The molecule has 1 fully saturated rings. The Hall–Kier alpha value is -1.26. The molecule has 104 valence electrons. The fourth-order valence-electron chi connectivity index (χ4n) is 2.05. The summed E-state index contributed by atoms with van der Waals surface area (Å²) >= 11 is 5.97. The minimum atomic E-state index is 0.0939. The number of para-hydroxylation sites is 1. The van der Waals surface area contributed by atoms with Gasteiger partial charge in [-0.25, -0.2) is 0 Å². The molecular weight excluding hydrogens is 264 g/mol. The number of nitrogens with one attached hydrogen (secondary N) is 2. The third-order valence-electron chi connectivity index (χ3n) is 3.07. The molecule has 0 aliphatic carbocycles. The van der Waals surface area contributed by atoms with Crippen molar-refractivity contribution in [2.45, 2.75) is 25.3 Å². The van der Waals surface area contributed by atoms with Crippen molar-refractivity contribution in [1.29, 1.82) is 0 Å². The lowest BCUT2D eigenvalue weighted by molar-refractivity contribution is -0.121. The van der Waals surface area contributed by atoms with Crippen LogP contribution in [-0.4, -0.2) is 31.6 Å². The van der Waals surface area contributed by atoms with Crippen LogP contribution in [0.5, 0.6) is 5.75 Å². The summed E-state index contributed by atoms with van der Waals surface area (Å²) in [6.07, 6.45) is 2.19. The summed E-state index contributed by atoms with van der Waals surface area (Å²) in [7, 11) is 0. The van der Waals surface area contributed by atoms with Crippen LogP contribution in [0.25, 0.3) is 0 Å². The first-order valence-electron chi connectivity index (χ1n) is 6.63. The Bertz CT molecular complexity index is 420. The lowest BCUT2D eigenvalue weighted by Gasteiger charge is -2.11. The van der Waals surface area contributed by atoms with E-state index in [4.69, 9.17) is 16.3 Å². The summed E-state index contributed by atoms with van der Waals surface area (Å²) in [5, 5.41) is 6.83. The molecule has 2 N–H and O–H groups in total. The molecule has 1 aliphatic heterocycles. The van der Waals surface area contributed by atoms with E-state index in [-0.39, 0.29) is 11.9 Å². The average Bonchev–Trinajstić information content (AvgIpc) is 2.89. The van der Waals surface area contributed by atoms with Crippen molar-refractivity contribution < 1.29 is 9.53 Å². The van der Waals surface area contributed by atoms with Crippen LogP contribution in [0.2, 0.25) is 5.02 Å². The molecule has 1 heterocycles. The van der Waals surface area contributed by atoms with Crippen molar-refractivity contribution in [2.75, 3.05) is 19.7 Å². The van der Waals surface area contributed by atoms with Gasteiger partial charge >= 0.3 is 0 Å². The predicted molar refractivity (Wildman–Crippen MR) is 75.6 cm³/mol. The maximum Gasteiger partial charge on any atom is 0.220 e. The third kappa shape index (κ3) is 4.73. The van der Waals surface area contributed by atoms with Gasteiger partial charge in [0.25, 0.3) is 0 Å². The van der Waals surface area contributed by atoms with Crippen LogP contribution in [0, 0.1) is 0 Å². The van der Waals surface area contributed by atoms with Crippen LogP contribution < -0.4 is 15.4 Å². The summed E-state index contributed by atoms with van der Waals surface area (Å²) in [5.41, 5.74) is 0. The van der Waals surface area contributed by atoms with E-state index in [0.29, 0.717) is 30.2 Å². The minimum absolute atomic E-state index is 0.0939. The van der Waals surface area contributed by atoms with E-state index in [1.165, 1.54) is 0 Å². The Morgan fingerprint density at radius 1 is 1.47 bits per heavy atom. The van der Waals surface area contributed by atoms with Gasteiger partial charge < -0.3 is 15.4 Å². The van der Waals surface area contributed by atoms with E-state index in [1.54, 1.807) is 6.07 Å². The Morgan fingerprint density at radius 3 is 3.05 bits per heavy atom. The number of amides is 1. The zero-order valence-corrected chi connectivity index (χ0v) is 11.6. The van der Waals surface area contributed by atoms with Crippen LogP contribution in [0.1, 0.15) is 19.3 Å². The van der Waals surface area contributed by atoms with Gasteiger partial charge in [0.1, 0.15) is 5.75 Å². The van der Waals surface area contributed by atoms with Crippen molar-refractivity contribution >= 4 is 17.5 Å². The molecular formula is C14H19ClN2O2. The second-order valence-electron chi connectivity index (χ2n) is 4.64. The number of halogens is 1. The topological polar surface area (TPSA) is 50.4 Å². The standard InChI is InChI=1S/C14H19ClN2O2/c15-12-4-1-2-5-13(12)19-9-3-6-14(18)17-11-7-8-16-10-11/h1-2,4-5,11,16H,3,6-10H2,(H,17,18). The average molecular weight is 283 g/mol. The molecule has 1 aliphatic rings. The molecule has 0 bridgehead atoms. The van der Waals surface area contributed by atoms with Crippen LogP contribution in [0.15, 0.2) is 24.3 Å². The Kier molecular flexibility index (Phi) is 5.48. The third-order valence-corrected chi connectivity index (χ3v) is 3.38. The molecule has 1 amide bonds. The molecule has 0 aromatic heterocycles. The number of carbonyl (C=O) groups is 1. The monoisotopic (exact) mass is 282 g/mol. The SMILES string of the molecule is O=C(CCCOc1ccccc1Cl)NC1CCNC1. The molecule has 1 aromatic carbocycles. The fourth-order valence-corrected chi connectivity index (χ4v) is 2.24. The van der Waals surface area contributed by atoms with Gasteiger partial charge in [0.05, 0.1) is 11.6 Å². The quantitative estimate of drug-likeness (QED) is 0.785. The first kappa shape index (κ1) is 14.2. The molecule has 4 nitrogen and oxygen atoms in total. The van der Waals surface area contributed by atoms with E-state index in [0.717, 1.165) is 19.5 Å². The van der Waals surface area contributed by atoms with E-state index in [1.807, 2.05) is 18.2 Å². The van der Waals surface area contributed by atoms with Gasteiger partial charge in [-0.2, -0.15) is 0 Å². The predicted octanol–water partition coefficient (Wildman–Crippen LogP) is 1.98. The van der Waals surface area contributed by atoms with E-state index in [2.05, 4.69) is 10.6 Å². The normalized spacial score (nSPS) is 18.3. The smallest absolute Gasteiger partial charge is 0.220 e. The highest BCUT2D eigenvalue weighted by molar-refractivity contribution is 6.32. The number of carbonyl (C=O) groups excluding carboxylic acids is 1. The molecule has 5 heteroatoms. The summed E-state index contributed by atoms with van der Waals surface area (Å²) in [5.74, 6) is 0.765. The Balaban J connectivity index is 1.61. The first-order chi connectivity index (χ1) is 9.25. The number of hydrogen-bond acceptors (Lipinski definition) is 3. The fraction of sp³-hybridized carbons (Fsp3) is 0.500. The van der Waals surface area contributed by atoms with Crippen LogP contribution >= 0.6 is 11.6 Å². The number of benzene rings is 1. The second kappa shape index (κ2) is 7.36. The highest BCUT2D eigenvalue weighted by Crippen LogP contribution is 2.23. The van der Waals surface area contributed by atoms with Crippen LogP contribution in [0.4, 0.5) is 0 Å². The highest BCUT2D eigenvalue weighted by atomic mass is 35.5. The van der Waals surface area contributed by atoms with Crippen LogP contribution in [-0.2, 0) is 4.79 Å². The molecule has 0 spiro atoms. The van der Waals surface area contributed by atoms with Gasteiger partial charge in [-0.1, -0.05) is 23.7 Å². The summed E-state index contributed by atoms with van der Waals surface area (Å²) in [4.78, 5) is 11.7. The molecule has 19 heavy (non-hydrogen) atoms. The van der Waals surface area contributed by atoms with Crippen molar-refractivity contribution in [1.82, 2.24) is 10.6 Å². The van der Waals surface area contributed by atoms with Crippen molar-refractivity contribution in [3.63, 3.8) is 0 Å². The zero-order chi connectivity index (χ0) is 13.5. The van der Waals surface area contributed by atoms with Gasteiger partial charge in [-0.15, -0.1) is 0 Å². The molecule has 1 atom stereocenters. The molecule has 2 rings (SSSR count). The lowest BCUT2D eigenvalue weighted by atomic mass is 10.2. The van der Waals surface area contributed by atoms with Crippen molar-refractivity contribution in [3.8, 4) is 5.75 Å². The Labute approximate surface area is 118 Å². The number of rotatable bonds is 6. The van der Waals surface area contributed by atoms with E-state index in [9.17, 15) is 4.79 Å². The minimum Gasteiger partial charge on any atom is -0.492 e. The van der Waals surface area contributed by atoms with Gasteiger partial charge in [0.2, 0.25) is 5.91 Å². The largest absolute Gasteiger partial charge is 0.492 e. The second-order valence-corrected chi connectivity index (χ2v) is 5.05. The first-order valence-corrected chi connectivity index (χ1v) is 7.01. The highest BCUT2D eigenvalue weighted by Gasteiger charge is 2.16. The Morgan fingerprint density at radius 2 is 2.32 bits per heavy atom. The zero-order valence-electron chi connectivity index (χ0n) is 10.8. The molecule has 0 saturated carbocycles. The van der Waals surface area contributed by atoms with Crippen molar-refractivity contribution in [2.24, 2.45) is 0 Å². The lowest BCUT2D eigenvalue weighted by Crippen LogP contribution is -2.36. The van der Waals surface area contributed by atoms with E-state index >= 15 is 0 Å². The number of ether oxygens (including phenoxy) is 1. The molecule has 1 unspecified atom stereocenters. The summed E-state index contributed by atoms with van der Waals surface area (Å²) < 4.78 is 5.53. The molecule has 1 aromatic rings. The van der Waals surface area contributed by atoms with Gasteiger partial charge in [0, 0.05) is 19.0 Å². The molecule has 1 saturated heterocycles. The summed E-state index contributed by atoms with van der Waals surface area (Å²) in [6.45, 7) is 2.36. The van der Waals surface area contributed by atoms with Gasteiger partial charge in [-0.05, 0) is 31.5 Å². The summed E-state index contributed by atoms with van der Waals surface area (Å²) in [6, 6.07) is 7.64. The van der Waals surface area contributed by atoms with Crippen molar-refractivity contribution in [3.05, 3.63) is 29.3 Å². The van der Waals surface area contributed by atoms with E-state index < -0.39 is 0 Å². The maximum absolute atomic E-state index is 11.7.